The number of halogens is 2. The highest BCUT2D eigenvalue weighted by molar-refractivity contribution is 7.89. The first-order valence-corrected chi connectivity index (χ1v) is 11.9. The average molecular weight is 440 g/mol. The van der Waals surface area contributed by atoms with Crippen LogP contribution >= 0.6 is 0 Å². The van der Waals surface area contributed by atoms with Gasteiger partial charge in [-0.05, 0) is 37.1 Å². The van der Waals surface area contributed by atoms with Gasteiger partial charge in [0.1, 0.15) is 10.5 Å². The third-order valence-electron chi connectivity index (χ3n) is 4.82. The van der Waals surface area contributed by atoms with Crippen molar-refractivity contribution < 1.29 is 21.4 Å². The van der Waals surface area contributed by atoms with Gasteiger partial charge >= 0.3 is 0 Å². The van der Waals surface area contributed by atoms with E-state index in [1.807, 2.05) is 0 Å². The molecule has 0 saturated carbocycles. The first kappa shape index (κ1) is 20.0. The molecule has 4 rings (SSSR count). The first-order chi connectivity index (χ1) is 13.8. The van der Waals surface area contributed by atoms with Crippen LogP contribution in [0.15, 0.2) is 41.6 Å². The zero-order valence-corrected chi connectivity index (χ0v) is 16.8. The smallest absolute Gasteiger partial charge is 0.278 e. The van der Waals surface area contributed by atoms with E-state index in [1.54, 1.807) is 6.07 Å². The zero-order valence-electron chi connectivity index (χ0n) is 15.1. The number of sulfonamides is 1. The van der Waals surface area contributed by atoms with Crippen LogP contribution in [0.3, 0.4) is 0 Å². The molecule has 154 valence electrons. The lowest BCUT2D eigenvalue weighted by molar-refractivity contribution is 0.147. The van der Waals surface area contributed by atoms with E-state index in [9.17, 15) is 21.4 Å². The summed E-state index contributed by atoms with van der Waals surface area (Å²) < 4.78 is 65.2. The maximum absolute atomic E-state index is 13.0. The van der Waals surface area contributed by atoms with Gasteiger partial charge in [0.15, 0.2) is 0 Å². The number of pyridine rings is 2. The predicted octanol–water partition coefficient (Wildman–Crippen LogP) is 2.75. The third-order valence-corrected chi connectivity index (χ3v) is 7.71. The van der Waals surface area contributed by atoms with Crippen molar-refractivity contribution >= 4 is 31.9 Å². The normalized spacial score (nSPS) is 20.4. The largest absolute Gasteiger partial charge is 0.338 e. The Morgan fingerprint density at radius 1 is 1.17 bits per heavy atom. The van der Waals surface area contributed by atoms with Gasteiger partial charge < -0.3 is 4.98 Å². The molecule has 0 atom stereocenters. The molecule has 11 heteroatoms. The van der Waals surface area contributed by atoms with Gasteiger partial charge in [0.05, 0.1) is 11.4 Å². The van der Waals surface area contributed by atoms with Gasteiger partial charge in [-0.1, -0.05) is 0 Å². The highest BCUT2D eigenvalue weighted by atomic mass is 32.2. The van der Waals surface area contributed by atoms with Crippen molar-refractivity contribution in [1.82, 2.24) is 19.7 Å². The minimum absolute atomic E-state index is 0.0144. The summed E-state index contributed by atoms with van der Waals surface area (Å²) in [5, 5.41) is 0.485. The van der Waals surface area contributed by atoms with E-state index in [2.05, 4.69) is 19.7 Å². The van der Waals surface area contributed by atoms with Crippen molar-refractivity contribution in [2.45, 2.75) is 30.2 Å². The second kappa shape index (κ2) is 7.88. The fourth-order valence-corrected chi connectivity index (χ4v) is 5.83. The summed E-state index contributed by atoms with van der Waals surface area (Å²) in [6.45, 7) is 0. The molecular formula is C18H18F2N4O3S2. The van der Waals surface area contributed by atoms with Crippen molar-refractivity contribution in [1.29, 1.82) is 0 Å². The Kier molecular flexibility index (Phi) is 5.45. The molecule has 1 aliphatic rings. The van der Waals surface area contributed by atoms with Gasteiger partial charge in [0.25, 0.3) is 6.43 Å². The molecule has 0 spiro atoms. The van der Waals surface area contributed by atoms with E-state index in [0.29, 0.717) is 46.6 Å². The number of hydrogen-bond acceptors (Lipinski definition) is 5. The van der Waals surface area contributed by atoms with Crippen molar-refractivity contribution in [3.63, 3.8) is 0 Å². The molecule has 0 unspecified atom stereocenters. The van der Waals surface area contributed by atoms with E-state index in [-0.39, 0.29) is 16.6 Å². The van der Waals surface area contributed by atoms with Crippen LogP contribution in [0.5, 0.6) is 0 Å². The van der Waals surface area contributed by atoms with Crippen LogP contribution in [0.25, 0.3) is 22.3 Å². The van der Waals surface area contributed by atoms with Gasteiger partial charge in [-0.15, -0.1) is 0 Å². The molecule has 3 aromatic heterocycles. The minimum atomic E-state index is -3.76. The number of aromatic amines is 1. The van der Waals surface area contributed by atoms with Gasteiger partial charge in [-0.25, -0.2) is 26.9 Å². The van der Waals surface area contributed by atoms with Crippen LogP contribution in [0.4, 0.5) is 8.78 Å². The molecule has 2 N–H and O–H groups in total. The van der Waals surface area contributed by atoms with Crippen LogP contribution in [-0.2, 0) is 20.8 Å². The van der Waals surface area contributed by atoms with E-state index in [0.717, 1.165) is 0 Å². The van der Waals surface area contributed by atoms with Gasteiger partial charge in [0.2, 0.25) is 10.0 Å². The molecule has 29 heavy (non-hydrogen) atoms. The Morgan fingerprint density at radius 3 is 2.59 bits per heavy atom. The van der Waals surface area contributed by atoms with Gasteiger partial charge in [0, 0.05) is 51.7 Å². The van der Waals surface area contributed by atoms with Gasteiger partial charge in [-0.2, -0.15) is 0 Å². The fraction of sp³-hybridized carbons (Fsp3) is 0.333. The Bertz CT molecular complexity index is 1150. The molecule has 3 aromatic rings. The number of alkyl halides is 2. The Hall–Kier alpha value is -2.24. The topological polar surface area (TPSA) is 105 Å². The van der Waals surface area contributed by atoms with Crippen LogP contribution in [0.2, 0.25) is 0 Å². The Balaban J connectivity index is 1.59. The molecule has 1 aliphatic heterocycles. The van der Waals surface area contributed by atoms with Crippen LogP contribution in [0, 0.1) is 0 Å². The molecule has 0 aliphatic carbocycles. The predicted molar refractivity (Wildman–Crippen MR) is 106 cm³/mol. The lowest BCUT2D eigenvalue weighted by Crippen LogP contribution is -2.39. The molecule has 1 fully saturated rings. The van der Waals surface area contributed by atoms with Crippen molar-refractivity contribution in [2.75, 3.05) is 11.5 Å². The highest BCUT2D eigenvalue weighted by Crippen LogP contribution is 2.30. The maximum Gasteiger partial charge on any atom is 0.278 e. The molecule has 0 radical (unpaired) electrons. The summed E-state index contributed by atoms with van der Waals surface area (Å²) in [6.07, 6.45) is 1.13. The summed E-state index contributed by atoms with van der Waals surface area (Å²) >= 11 is 0. The summed E-state index contributed by atoms with van der Waals surface area (Å²) in [7, 11) is -4.63. The molecule has 0 amide bonds. The maximum atomic E-state index is 13.0. The average Bonchev–Trinajstić information content (AvgIpc) is 3.14. The Labute approximate surface area is 168 Å². The molecule has 1 saturated heterocycles. The number of fused-ring (bicyclic) bond motifs is 1. The number of rotatable bonds is 5. The van der Waals surface area contributed by atoms with E-state index >= 15 is 0 Å². The van der Waals surface area contributed by atoms with Crippen molar-refractivity contribution in [2.24, 2.45) is 0 Å². The quantitative estimate of drug-likeness (QED) is 0.635. The lowest BCUT2D eigenvalue weighted by Gasteiger charge is -2.22. The summed E-state index contributed by atoms with van der Waals surface area (Å²) in [5.74, 6) is 0.972. The van der Waals surface area contributed by atoms with E-state index in [1.165, 1.54) is 30.6 Å². The number of aromatic nitrogens is 3. The monoisotopic (exact) mass is 440 g/mol. The van der Waals surface area contributed by atoms with Crippen LogP contribution < -0.4 is 4.72 Å². The summed E-state index contributed by atoms with van der Waals surface area (Å²) in [4.78, 5) is 10.9. The highest BCUT2D eigenvalue weighted by Gasteiger charge is 2.24. The summed E-state index contributed by atoms with van der Waals surface area (Å²) in [6, 6.07) is 5.68. The molecule has 7 nitrogen and oxygen atoms in total. The minimum Gasteiger partial charge on any atom is -0.338 e. The van der Waals surface area contributed by atoms with Gasteiger partial charge in [-0.3, -0.25) is 9.19 Å². The molecule has 4 heterocycles. The lowest BCUT2D eigenvalue weighted by atomic mass is 10.1. The molecular weight excluding hydrogens is 422 g/mol. The third kappa shape index (κ3) is 4.21. The number of hydrogen-bond donors (Lipinski definition) is 2. The second-order valence-electron chi connectivity index (χ2n) is 6.77. The fourth-order valence-electron chi connectivity index (χ4n) is 3.29. The van der Waals surface area contributed by atoms with Crippen molar-refractivity contribution in [3.05, 3.63) is 42.4 Å². The number of nitrogens with one attached hydrogen (secondary N) is 2. The first-order valence-electron chi connectivity index (χ1n) is 8.93. The Morgan fingerprint density at radius 2 is 1.93 bits per heavy atom. The molecule has 0 bridgehead atoms. The SMILES string of the molecule is O=S1CCC(NS(=O)(=O)c2ccc(-c3ccnc4[nH]c(C(F)F)cc34)nc2)CC1. The standard InChI is InChI=1S/C18H18F2N4O3S2/c19-17(20)16-9-14-13(3-6-21-18(14)23-16)15-2-1-12(10-22-15)29(26,27)24-11-4-7-28(25)8-5-11/h1-3,6,9-11,17,24H,4-5,7-8H2,(H,21,23). The second-order valence-corrected chi connectivity index (χ2v) is 10.2. The van der Waals surface area contributed by atoms with Crippen LogP contribution in [-0.4, -0.2) is 45.1 Å². The van der Waals surface area contributed by atoms with Crippen molar-refractivity contribution in [3.8, 4) is 11.3 Å². The number of H-pyrrole nitrogens is 1. The van der Waals surface area contributed by atoms with E-state index < -0.39 is 27.2 Å². The van der Waals surface area contributed by atoms with Crippen LogP contribution in [0.1, 0.15) is 25.0 Å². The molecule has 0 aromatic carbocycles. The van der Waals surface area contributed by atoms with E-state index in [4.69, 9.17) is 0 Å². The zero-order chi connectivity index (χ0) is 20.6. The number of nitrogens with zero attached hydrogens (tertiary/aromatic N) is 2. The summed E-state index contributed by atoms with van der Waals surface area (Å²) in [5.41, 5.74) is 1.10.